The number of anilines is 2. The van der Waals surface area contributed by atoms with E-state index in [1.165, 1.54) is 11.3 Å². The van der Waals surface area contributed by atoms with Crippen molar-refractivity contribution >= 4 is 51.4 Å². The minimum atomic E-state index is -0.308. The number of fused-ring (bicyclic) bond motifs is 1. The molecule has 0 aliphatic rings. The maximum Gasteiger partial charge on any atom is 0.348 e. The van der Waals surface area contributed by atoms with Crippen molar-refractivity contribution in [3.8, 4) is 0 Å². The number of halogens is 1. The molecule has 5 nitrogen and oxygen atoms in total. The summed E-state index contributed by atoms with van der Waals surface area (Å²) in [6, 6.07) is 8.08. The van der Waals surface area contributed by atoms with Gasteiger partial charge in [-0.2, -0.15) is 0 Å². The fourth-order valence-electron chi connectivity index (χ4n) is 2.59. The summed E-state index contributed by atoms with van der Waals surface area (Å²) < 4.78 is 5.15. The molecule has 0 aliphatic carbocycles. The van der Waals surface area contributed by atoms with Gasteiger partial charge in [-0.3, -0.25) is 0 Å². The number of ether oxygens (including phenoxy) is 1. The highest BCUT2D eigenvalue weighted by Crippen LogP contribution is 2.35. The lowest BCUT2D eigenvalue weighted by atomic mass is 10.2. The molecular weight excluding hydrogens is 358 g/mol. The maximum atomic E-state index is 12.2. The van der Waals surface area contributed by atoms with Crippen LogP contribution in [0.25, 0.3) is 10.2 Å². The topological polar surface area (TPSA) is 64.1 Å². The number of rotatable bonds is 4. The number of esters is 1. The molecule has 0 saturated heterocycles. The number of hydrogen-bond acceptors (Lipinski definition) is 6. The molecule has 0 fully saturated rings. The van der Waals surface area contributed by atoms with Gasteiger partial charge in [-0.15, -0.1) is 23.7 Å². The highest BCUT2D eigenvalue weighted by molar-refractivity contribution is 7.20. The van der Waals surface area contributed by atoms with Crippen LogP contribution in [-0.4, -0.2) is 22.5 Å². The smallest absolute Gasteiger partial charge is 0.348 e. The van der Waals surface area contributed by atoms with Gasteiger partial charge >= 0.3 is 5.97 Å². The summed E-state index contributed by atoms with van der Waals surface area (Å²) in [5.74, 6) is 1.07. The van der Waals surface area contributed by atoms with Gasteiger partial charge in [0.15, 0.2) is 0 Å². The Kier molecular flexibility index (Phi) is 5.98. The Morgan fingerprint density at radius 2 is 2.00 bits per heavy atom. The van der Waals surface area contributed by atoms with E-state index in [0.29, 0.717) is 23.1 Å². The summed E-state index contributed by atoms with van der Waals surface area (Å²) in [7, 11) is 0. The summed E-state index contributed by atoms with van der Waals surface area (Å²) in [4.78, 5) is 22.5. The predicted octanol–water partition coefficient (Wildman–Crippen LogP) is 4.96. The lowest BCUT2D eigenvalue weighted by Gasteiger charge is -2.09. The Balaban J connectivity index is 0.00000225. The second-order valence-corrected chi connectivity index (χ2v) is 6.57. The minimum Gasteiger partial charge on any atom is -0.462 e. The maximum absolute atomic E-state index is 12.2. The minimum absolute atomic E-state index is 0. The second kappa shape index (κ2) is 7.80. The molecular formula is C18H20ClN3O2S. The third kappa shape index (κ3) is 3.91. The number of nitrogens with zero attached hydrogens (tertiary/aromatic N) is 2. The van der Waals surface area contributed by atoms with Gasteiger partial charge in [0.2, 0.25) is 0 Å². The van der Waals surface area contributed by atoms with Crippen molar-refractivity contribution in [2.75, 3.05) is 11.9 Å². The molecule has 0 bridgehead atoms. The van der Waals surface area contributed by atoms with Crippen molar-refractivity contribution in [1.82, 2.24) is 9.97 Å². The normalized spacial score (nSPS) is 10.4. The van der Waals surface area contributed by atoms with Gasteiger partial charge in [-0.25, -0.2) is 14.8 Å². The first-order valence-corrected chi connectivity index (χ1v) is 8.59. The molecule has 3 aromatic rings. The third-order valence-corrected chi connectivity index (χ3v) is 4.81. The van der Waals surface area contributed by atoms with Crippen LogP contribution in [0, 0.1) is 20.8 Å². The summed E-state index contributed by atoms with van der Waals surface area (Å²) in [5, 5.41) is 4.23. The van der Waals surface area contributed by atoms with Crippen LogP contribution in [0.3, 0.4) is 0 Å². The van der Waals surface area contributed by atoms with Crippen LogP contribution in [-0.2, 0) is 4.74 Å². The Hall–Kier alpha value is -2.18. The number of aryl methyl sites for hydroxylation is 3. The molecule has 0 saturated carbocycles. The Morgan fingerprint density at radius 3 is 2.68 bits per heavy atom. The number of carbonyl (C=O) groups is 1. The van der Waals surface area contributed by atoms with Gasteiger partial charge in [0.1, 0.15) is 21.3 Å². The summed E-state index contributed by atoms with van der Waals surface area (Å²) in [5.41, 5.74) is 2.97. The predicted molar refractivity (Wildman–Crippen MR) is 105 cm³/mol. The Labute approximate surface area is 156 Å². The van der Waals surface area contributed by atoms with Crippen LogP contribution in [0.15, 0.2) is 24.3 Å². The molecule has 0 aliphatic heterocycles. The second-order valence-electron chi connectivity index (χ2n) is 5.57. The van der Waals surface area contributed by atoms with Crippen LogP contribution in [0.5, 0.6) is 0 Å². The van der Waals surface area contributed by atoms with E-state index < -0.39 is 0 Å². The van der Waals surface area contributed by atoms with Gasteiger partial charge in [-0.05, 0) is 51.0 Å². The van der Waals surface area contributed by atoms with Crippen molar-refractivity contribution in [1.29, 1.82) is 0 Å². The zero-order valence-corrected chi connectivity index (χ0v) is 16.2. The van der Waals surface area contributed by atoms with Crippen molar-refractivity contribution in [2.45, 2.75) is 27.7 Å². The number of thiophene rings is 1. The summed E-state index contributed by atoms with van der Waals surface area (Å²) >= 11 is 1.35. The van der Waals surface area contributed by atoms with E-state index in [9.17, 15) is 4.79 Å². The van der Waals surface area contributed by atoms with E-state index in [2.05, 4.69) is 21.4 Å². The van der Waals surface area contributed by atoms with Gasteiger partial charge < -0.3 is 10.1 Å². The molecule has 25 heavy (non-hydrogen) atoms. The van der Waals surface area contributed by atoms with E-state index in [1.807, 2.05) is 39.0 Å². The largest absolute Gasteiger partial charge is 0.462 e. The lowest BCUT2D eigenvalue weighted by molar-refractivity contribution is 0.0531. The number of carbonyl (C=O) groups excluding carboxylic acids is 1. The molecule has 1 N–H and O–H groups in total. The van der Waals surface area contributed by atoms with E-state index in [-0.39, 0.29) is 18.4 Å². The third-order valence-electron chi connectivity index (χ3n) is 3.64. The van der Waals surface area contributed by atoms with Gasteiger partial charge in [0.05, 0.1) is 12.0 Å². The average molecular weight is 378 g/mol. The van der Waals surface area contributed by atoms with E-state index in [1.54, 1.807) is 6.92 Å². The van der Waals surface area contributed by atoms with Crippen LogP contribution in [0.4, 0.5) is 11.5 Å². The number of benzene rings is 1. The number of aromatic nitrogens is 2. The average Bonchev–Trinajstić information content (AvgIpc) is 2.84. The quantitative estimate of drug-likeness (QED) is 0.651. The van der Waals surface area contributed by atoms with Crippen LogP contribution >= 0.6 is 23.7 Å². The van der Waals surface area contributed by atoms with Gasteiger partial charge in [0.25, 0.3) is 0 Å². The van der Waals surface area contributed by atoms with Crippen molar-refractivity contribution in [3.63, 3.8) is 0 Å². The highest BCUT2D eigenvalue weighted by atomic mass is 35.5. The summed E-state index contributed by atoms with van der Waals surface area (Å²) in [6.45, 7) is 7.95. The SMILES string of the molecule is CCOC(=O)c1sc2nc(C)nc(Nc3cccc(C)c3)c2c1C.Cl. The Bertz CT molecular complexity index is 924. The molecule has 0 amide bonds. The molecule has 2 aromatic heterocycles. The standard InChI is InChI=1S/C18H19N3O2S.ClH/c1-5-23-18(22)15-11(3)14-16(19-12(4)20-17(14)24-15)21-13-8-6-7-10(2)9-13;/h6-9H,5H2,1-4H3,(H,19,20,21);1H. The fourth-order valence-corrected chi connectivity index (χ4v) is 3.71. The van der Waals surface area contributed by atoms with Gasteiger partial charge in [0, 0.05) is 5.69 Å². The molecule has 0 spiro atoms. The van der Waals surface area contributed by atoms with E-state index in [0.717, 1.165) is 27.0 Å². The van der Waals surface area contributed by atoms with Gasteiger partial charge in [-0.1, -0.05) is 12.1 Å². The molecule has 2 heterocycles. The highest BCUT2D eigenvalue weighted by Gasteiger charge is 2.21. The van der Waals surface area contributed by atoms with Crippen LogP contribution < -0.4 is 5.32 Å². The van der Waals surface area contributed by atoms with E-state index in [4.69, 9.17) is 4.74 Å². The molecule has 1 aromatic carbocycles. The lowest BCUT2D eigenvalue weighted by Crippen LogP contribution is -2.04. The first kappa shape index (κ1) is 19.1. The summed E-state index contributed by atoms with van der Waals surface area (Å²) in [6.07, 6.45) is 0. The zero-order chi connectivity index (χ0) is 17.3. The Morgan fingerprint density at radius 1 is 1.24 bits per heavy atom. The molecule has 132 valence electrons. The molecule has 3 rings (SSSR count). The van der Waals surface area contributed by atoms with Crippen molar-refractivity contribution in [2.24, 2.45) is 0 Å². The monoisotopic (exact) mass is 377 g/mol. The van der Waals surface area contributed by atoms with Crippen LogP contribution in [0.2, 0.25) is 0 Å². The number of nitrogens with one attached hydrogen (secondary N) is 1. The zero-order valence-electron chi connectivity index (χ0n) is 14.5. The van der Waals surface area contributed by atoms with Crippen LogP contribution in [0.1, 0.15) is 33.5 Å². The van der Waals surface area contributed by atoms with Crippen molar-refractivity contribution < 1.29 is 9.53 Å². The van der Waals surface area contributed by atoms with Crippen molar-refractivity contribution in [3.05, 3.63) is 46.1 Å². The molecule has 0 unspecified atom stereocenters. The molecule has 7 heteroatoms. The first-order chi connectivity index (χ1) is 11.5. The number of hydrogen-bond donors (Lipinski definition) is 1. The molecule has 0 radical (unpaired) electrons. The van der Waals surface area contributed by atoms with E-state index >= 15 is 0 Å². The fraction of sp³-hybridized carbons (Fsp3) is 0.278. The molecule has 0 atom stereocenters. The first-order valence-electron chi connectivity index (χ1n) is 7.78.